The summed E-state index contributed by atoms with van der Waals surface area (Å²) >= 11 is 0. The number of H-pyrrole nitrogens is 1. The van der Waals surface area contributed by atoms with Gasteiger partial charge in [-0.05, 0) is 11.3 Å². The number of amides is 1. The molecule has 0 radical (unpaired) electrons. The first-order chi connectivity index (χ1) is 8.98. The van der Waals surface area contributed by atoms with Crippen LogP contribution in [0.1, 0.15) is 24.2 Å². The Balaban J connectivity index is 1.87. The highest BCUT2D eigenvalue weighted by Gasteiger charge is 2.69. The van der Waals surface area contributed by atoms with Crippen molar-refractivity contribution in [3.63, 3.8) is 0 Å². The fourth-order valence-electron chi connectivity index (χ4n) is 3.42. The second kappa shape index (κ2) is 3.82. The maximum atomic E-state index is 12.4. The molecule has 1 N–H and O–H groups in total. The standard InChI is InChI=1S/C13H17N3O3/c1-13(2)8-6-16(10(9(8)13)12(18)19-3)11(17)7-4-14-15-5-7/h4-5,8-10H,6H2,1-3H3,(H,14,15)/t8-,9-,10-/m0/s1. The van der Waals surface area contributed by atoms with E-state index in [1.165, 1.54) is 13.3 Å². The lowest BCUT2D eigenvalue weighted by atomic mass is 10.0. The summed E-state index contributed by atoms with van der Waals surface area (Å²) in [6.45, 7) is 4.89. The van der Waals surface area contributed by atoms with E-state index in [0.717, 1.165) is 0 Å². The molecule has 6 heteroatoms. The third-order valence-corrected chi connectivity index (χ3v) is 4.66. The van der Waals surface area contributed by atoms with Crippen molar-refractivity contribution in [2.75, 3.05) is 13.7 Å². The Kier molecular flexibility index (Phi) is 2.45. The average molecular weight is 263 g/mol. The summed E-state index contributed by atoms with van der Waals surface area (Å²) in [5.74, 6) is 0.102. The third-order valence-electron chi connectivity index (χ3n) is 4.66. The lowest BCUT2D eigenvalue weighted by Crippen LogP contribution is -2.45. The number of nitrogens with one attached hydrogen (secondary N) is 1. The van der Waals surface area contributed by atoms with Crippen molar-refractivity contribution in [2.24, 2.45) is 17.3 Å². The van der Waals surface area contributed by atoms with Gasteiger partial charge in [0.2, 0.25) is 0 Å². The number of hydrogen-bond acceptors (Lipinski definition) is 4. The van der Waals surface area contributed by atoms with E-state index in [4.69, 9.17) is 4.74 Å². The fraction of sp³-hybridized carbons (Fsp3) is 0.615. The molecule has 1 aliphatic carbocycles. The number of aromatic amines is 1. The molecule has 1 aliphatic heterocycles. The van der Waals surface area contributed by atoms with Crippen molar-refractivity contribution < 1.29 is 14.3 Å². The zero-order valence-electron chi connectivity index (χ0n) is 11.2. The Morgan fingerprint density at radius 2 is 2.26 bits per heavy atom. The van der Waals surface area contributed by atoms with Crippen LogP contribution in [0.15, 0.2) is 12.4 Å². The van der Waals surface area contributed by atoms with Crippen LogP contribution >= 0.6 is 0 Å². The molecule has 1 amide bonds. The summed E-state index contributed by atoms with van der Waals surface area (Å²) in [5, 5.41) is 6.39. The Hall–Kier alpha value is -1.85. The van der Waals surface area contributed by atoms with Crippen LogP contribution in [0.5, 0.6) is 0 Å². The van der Waals surface area contributed by atoms with Gasteiger partial charge in [-0.3, -0.25) is 9.89 Å². The van der Waals surface area contributed by atoms with Gasteiger partial charge in [-0.1, -0.05) is 13.8 Å². The van der Waals surface area contributed by atoms with Gasteiger partial charge in [0.15, 0.2) is 0 Å². The zero-order chi connectivity index (χ0) is 13.8. The molecular weight excluding hydrogens is 246 g/mol. The van der Waals surface area contributed by atoms with E-state index in [-0.39, 0.29) is 23.2 Å². The Labute approximate surface area is 111 Å². The number of esters is 1. The number of aromatic nitrogens is 2. The number of hydrogen-bond donors (Lipinski definition) is 1. The molecule has 3 atom stereocenters. The van der Waals surface area contributed by atoms with E-state index >= 15 is 0 Å². The molecule has 2 aliphatic rings. The predicted molar refractivity (Wildman–Crippen MR) is 66.2 cm³/mol. The predicted octanol–water partition coefficient (Wildman–Crippen LogP) is 0.679. The monoisotopic (exact) mass is 263 g/mol. The highest BCUT2D eigenvalue weighted by atomic mass is 16.5. The summed E-state index contributed by atoms with van der Waals surface area (Å²) in [6.07, 6.45) is 3.03. The van der Waals surface area contributed by atoms with Gasteiger partial charge in [-0.25, -0.2) is 4.79 Å². The van der Waals surface area contributed by atoms with Crippen LogP contribution in [0, 0.1) is 17.3 Å². The molecule has 0 spiro atoms. The van der Waals surface area contributed by atoms with Gasteiger partial charge in [-0.2, -0.15) is 5.10 Å². The molecule has 3 rings (SSSR count). The fourth-order valence-corrected chi connectivity index (χ4v) is 3.42. The number of likely N-dealkylation sites (tertiary alicyclic amines) is 1. The van der Waals surface area contributed by atoms with Crippen LogP contribution < -0.4 is 0 Å². The number of carbonyl (C=O) groups is 2. The van der Waals surface area contributed by atoms with Crippen molar-refractivity contribution in [1.82, 2.24) is 15.1 Å². The van der Waals surface area contributed by atoms with Crippen molar-refractivity contribution in [3.8, 4) is 0 Å². The van der Waals surface area contributed by atoms with E-state index in [2.05, 4.69) is 24.0 Å². The van der Waals surface area contributed by atoms with Crippen LogP contribution in [-0.4, -0.2) is 46.7 Å². The first-order valence-corrected chi connectivity index (χ1v) is 6.36. The summed E-state index contributed by atoms with van der Waals surface area (Å²) in [7, 11) is 1.37. The molecule has 0 unspecified atom stereocenters. The lowest BCUT2D eigenvalue weighted by Gasteiger charge is -2.28. The second-order valence-corrected chi connectivity index (χ2v) is 5.87. The quantitative estimate of drug-likeness (QED) is 0.796. The molecule has 0 bridgehead atoms. The van der Waals surface area contributed by atoms with E-state index < -0.39 is 6.04 Å². The maximum Gasteiger partial charge on any atom is 0.328 e. The van der Waals surface area contributed by atoms with Gasteiger partial charge in [-0.15, -0.1) is 0 Å². The molecule has 102 valence electrons. The molecular formula is C13H17N3O3. The van der Waals surface area contributed by atoms with E-state index in [1.807, 2.05) is 0 Å². The molecule has 19 heavy (non-hydrogen) atoms. The van der Waals surface area contributed by atoms with Crippen LogP contribution in [-0.2, 0) is 9.53 Å². The van der Waals surface area contributed by atoms with E-state index in [1.54, 1.807) is 11.1 Å². The van der Waals surface area contributed by atoms with Crippen molar-refractivity contribution in [2.45, 2.75) is 19.9 Å². The molecule has 2 fully saturated rings. The lowest BCUT2D eigenvalue weighted by molar-refractivity contribution is -0.146. The summed E-state index contributed by atoms with van der Waals surface area (Å²) in [5.41, 5.74) is 0.597. The number of fused-ring (bicyclic) bond motifs is 1. The Bertz CT molecular complexity index is 523. The molecule has 1 saturated carbocycles. The average Bonchev–Trinajstić information content (AvgIpc) is 2.91. The topological polar surface area (TPSA) is 75.3 Å². The van der Waals surface area contributed by atoms with Crippen LogP contribution in [0.3, 0.4) is 0 Å². The van der Waals surface area contributed by atoms with E-state index in [9.17, 15) is 9.59 Å². The van der Waals surface area contributed by atoms with Crippen molar-refractivity contribution >= 4 is 11.9 Å². The molecule has 1 aromatic heterocycles. The molecule has 1 saturated heterocycles. The minimum Gasteiger partial charge on any atom is -0.467 e. The number of carbonyl (C=O) groups excluding carboxylic acids is 2. The SMILES string of the molecule is COC(=O)[C@@H]1[C@@H]2[C@H](CN1C(=O)c1cn[nH]c1)C2(C)C. The van der Waals surface area contributed by atoms with Gasteiger partial charge in [0.05, 0.1) is 18.9 Å². The van der Waals surface area contributed by atoms with Gasteiger partial charge < -0.3 is 9.64 Å². The van der Waals surface area contributed by atoms with Gasteiger partial charge in [0, 0.05) is 18.7 Å². The maximum absolute atomic E-state index is 12.4. The minimum atomic E-state index is -0.465. The molecule has 1 aromatic rings. The zero-order valence-corrected chi connectivity index (χ0v) is 11.2. The van der Waals surface area contributed by atoms with Gasteiger partial charge in [0.1, 0.15) is 6.04 Å². The first-order valence-electron chi connectivity index (χ1n) is 6.36. The molecule has 0 aromatic carbocycles. The van der Waals surface area contributed by atoms with Crippen LogP contribution in [0.25, 0.3) is 0 Å². The number of methoxy groups -OCH3 is 1. The van der Waals surface area contributed by atoms with Gasteiger partial charge in [0.25, 0.3) is 5.91 Å². The number of nitrogens with zero attached hydrogens (tertiary/aromatic N) is 2. The van der Waals surface area contributed by atoms with Crippen LogP contribution in [0.4, 0.5) is 0 Å². The van der Waals surface area contributed by atoms with Crippen molar-refractivity contribution in [1.29, 1.82) is 0 Å². The second-order valence-electron chi connectivity index (χ2n) is 5.87. The minimum absolute atomic E-state index is 0.117. The smallest absolute Gasteiger partial charge is 0.328 e. The number of rotatable bonds is 2. The summed E-state index contributed by atoms with van der Waals surface area (Å²) in [4.78, 5) is 26.0. The molecule has 6 nitrogen and oxygen atoms in total. The van der Waals surface area contributed by atoms with Gasteiger partial charge >= 0.3 is 5.97 Å². The highest BCUT2D eigenvalue weighted by Crippen LogP contribution is 2.65. The van der Waals surface area contributed by atoms with Crippen LogP contribution in [0.2, 0.25) is 0 Å². The summed E-state index contributed by atoms with van der Waals surface area (Å²) < 4.78 is 4.87. The highest BCUT2D eigenvalue weighted by molar-refractivity contribution is 5.97. The van der Waals surface area contributed by atoms with E-state index in [0.29, 0.717) is 18.0 Å². The third kappa shape index (κ3) is 1.59. The Morgan fingerprint density at radius 1 is 1.53 bits per heavy atom. The van der Waals surface area contributed by atoms with Crippen molar-refractivity contribution in [3.05, 3.63) is 18.0 Å². The summed E-state index contributed by atoms with van der Waals surface area (Å²) in [6, 6.07) is -0.465. The number of ether oxygens (including phenoxy) is 1. The normalized spacial score (nSPS) is 30.9. The largest absolute Gasteiger partial charge is 0.467 e. The first kappa shape index (κ1) is 12.2. The molecule has 2 heterocycles. The Morgan fingerprint density at radius 3 is 2.84 bits per heavy atom. The number of piperidine rings is 1.